The van der Waals surface area contributed by atoms with Gasteiger partial charge in [0.2, 0.25) is 0 Å². The molecule has 0 saturated carbocycles. The van der Waals surface area contributed by atoms with E-state index in [0.29, 0.717) is 6.42 Å². The van der Waals surface area contributed by atoms with Gasteiger partial charge in [0.15, 0.2) is 0 Å². The molecule has 3 nitrogen and oxygen atoms in total. The number of allylic oxidation sites excluding steroid dienone is 4. The molecule has 1 aliphatic carbocycles. The minimum absolute atomic E-state index is 0.195. The van der Waals surface area contributed by atoms with E-state index in [9.17, 15) is 4.79 Å². The van der Waals surface area contributed by atoms with Crippen LogP contribution >= 0.6 is 0 Å². The molecule has 0 heterocycles. The molecule has 3 heteroatoms. The number of aliphatic hydroxyl groups excluding tert-OH is 1. The van der Waals surface area contributed by atoms with Crippen molar-refractivity contribution in [3.8, 4) is 0 Å². The second-order valence-electron chi connectivity index (χ2n) is 6.06. The van der Waals surface area contributed by atoms with Crippen LogP contribution in [0, 0.1) is 6.42 Å². The first-order chi connectivity index (χ1) is 10.2. The average molecular weight is 307 g/mol. The van der Waals surface area contributed by atoms with Crippen LogP contribution in [0.2, 0.25) is 0 Å². The fourth-order valence-corrected chi connectivity index (χ4v) is 2.15. The van der Waals surface area contributed by atoms with E-state index in [1.54, 1.807) is 6.92 Å². The maximum atomic E-state index is 12.2. The van der Waals surface area contributed by atoms with Gasteiger partial charge in [0.1, 0.15) is 5.60 Å². The van der Waals surface area contributed by atoms with E-state index in [4.69, 9.17) is 9.84 Å². The first-order valence-corrected chi connectivity index (χ1v) is 7.91. The average Bonchev–Trinajstić information content (AvgIpc) is 2.39. The quantitative estimate of drug-likeness (QED) is 0.613. The lowest BCUT2D eigenvalue weighted by molar-refractivity contribution is -0.148. The molecule has 1 radical (unpaired) electrons. The van der Waals surface area contributed by atoms with Gasteiger partial charge in [-0.15, -0.1) is 0 Å². The summed E-state index contributed by atoms with van der Waals surface area (Å²) in [5.41, 5.74) is 3.64. The van der Waals surface area contributed by atoms with Gasteiger partial charge >= 0.3 is 5.97 Å². The van der Waals surface area contributed by atoms with E-state index in [-0.39, 0.29) is 12.6 Å². The Hall–Kier alpha value is -1.35. The molecule has 125 valence electrons. The Labute approximate surface area is 135 Å². The molecule has 1 rings (SSSR count). The highest BCUT2D eigenvalue weighted by Gasteiger charge is 2.29. The van der Waals surface area contributed by atoms with Gasteiger partial charge in [-0.25, -0.2) is 4.79 Å². The third kappa shape index (κ3) is 6.61. The summed E-state index contributed by atoms with van der Waals surface area (Å²) < 4.78 is 5.71. The molecule has 0 unspecified atom stereocenters. The molecule has 1 N–H and O–H groups in total. The number of aliphatic hydroxyl groups is 1. The lowest BCUT2D eigenvalue weighted by Gasteiger charge is -2.30. The largest absolute Gasteiger partial charge is 0.452 e. The highest BCUT2D eigenvalue weighted by Crippen LogP contribution is 2.30. The summed E-state index contributed by atoms with van der Waals surface area (Å²) in [6.45, 7) is 13.8. The van der Waals surface area contributed by atoms with Crippen molar-refractivity contribution in [1.29, 1.82) is 0 Å². The summed E-state index contributed by atoms with van der Waals surface area (Å²) in [7, 11) is 0. The van der Waals surface area contributed by atoms with Gasteiger partial charge in [-0.05, 0) is 66.4 Å². The summed E-state index contributed by atoms with van der Waals surface area (Å²) >= 11 is 0. The maximum Gasteiger partial charge on any atom is 0.334 e. The summed E-state index contributed by atoms with van der Waals surface area (Å²) in [5.74, 6) is -0.195. The van der Waals surface area contributed by atoms with Crippen LogP contribution in [0.15, 0.2) is 34.4 Å². The summed E-state index contributed by atoms with van der Waals surface area (Å²) in [6.07, 6.45) is 7.85. The Morgan fingerprint density at radius 1 is 1.27 bits per heavy atom. The fourth-order valence-electron chi connectivity index (χ4n) is 2.15. The zero-order chi connectivity index (χ0) is 17.3. The van der Waals surface area contributed by atoms with Crippen LogP contribution in [0.1, 0.15) is 61.3 Å². The molecule has 22 heavy (non-hydrogen) atoms. The number of rotatable bonds is 4. The lowest BCUT2D eigenvalue weighted by atomic mass is 9.88. The van der Waals surface area contributed by atoms with Crippen molar-refractivity contribution in [3.63, 3.8) is 0 Å². The molecule has 0 amide bonds. The molecule has 0 saturated heterocycles. The SMILES string of the molecule is CCC(C(=O)OC(C)(C)C1=CC=C(C)[CH]C1)=C(C)C.CCO. The predicted molar refractivity (Wildman–Crippen MR) is 92.4 cm³/mol. The number of hydrogen-bond donors (Lipinski definition) is 1. The minimum Gasteiger partial charge on any atom is -0.452 e. The number of carbonyl (C=O) groups excluding carboxylic acids is 1. The summed E-state index contributed by atoms with van der Waals surface area (Å²) in [4.78, 5) is 12.2. The molecule has 0 spiro atoms. The van der Waals surface area contributed by atoms with Gasteiger partial charge in [0.25, 0.3) is 0 Å². The van der Waals surface area contributed by atoms with Gasteiger partial charge in [0.05, 0.1) is 0 Å². The molecule has 0 aromatic carbocycles. The van der Waals surface area contributed by atoms with Gasteiger partial charge in [-0.1, -0.05) is 30.2 Å². The fraction of sp³-hybridized carbons (Fsp3) is 0.579. The van der Waals surface area contributed by atoms with Crippen LogP contribution in [0.4, 0.5) is 0 Å². The molecule has 0 fully saturated rings. The normalized spacial score (nSPS) is 14.2. The van der Waals surface area contributed by atoms with Gasteiger partial charge in [0, 0.05) is 12.2 Å². The molecule has 0 aliphatic heterocycles. The molecular formula is C19H31O3. The van der Waals surface area contributed by atoms with Gasteiger partial charge < -0.3 is 9.84 Å². The third-order valence-electron chi connectivity index (χ3n) is 3.52. The van der Waals surface area contributed by atoms with Crippen molar-refractivity contribution < 1.29 is 14.6 Å². The van der Waals surface area contributed by atoms with Crippen molar-refractivity contribution in [1.82, 2.24) is 0 Å². The molecule has 0 bridgehead atoms. The van der Waals surface area contributed by atoms with Crippen LogP contribution in [0.25, 0.3) is 0 Å². The van der Waals surface area contributed by atoms with Crippen molar-refractivity contribution >= 4 is 5.97 Å². The van der Waals surface area contributed by atoms with Crippen molar-refractivity contribution in [2.45, 2.75) is 66.9 Å². The summed E-state index contributed by atoms with van der Waals surface area (Å²) in [6, 6.07) is 0. The Morgan fingerprint density at radius 2 is 1.82 bits per heavy atom. The Kier molecular flexibility index (Phi) is 9.03. The van der Waals surface area contributed by atoms with E-state index >= 15 is 0 Å². The molecule has 0 aromatic heterocycles. The Bertz CT molecular complexity index is 461. The van der Waals surface area contributed by atoms with Gasteiger partial charge in [-0.2, -0.15) is 0 Å². The zero-order valence-electron chi connectivity index (χ0n) is 15.1. The minimum atomic E-state index is -0.555. The van der Waals surface area contributed by atoms with E-state index in [1.165, 1.54) is 5.57 Å². The van der Waals surface area contributed by atoms with Crippen molar-refractivity contribution in [2.24, 2.45) is 0 Å². The zero-order valence-corrected chi connectivity index (χ0v) is 15.1. The number of hydrogen-bond acceptors (Lipinski definition) is 3. The molecular weight excluding hydrogens is 276 g/mol. The number of esters is 1. The lowest BCUT2D eigenvalue weighted by Crippen LogP contribution is -2.32. The van der Waals surface area contributed by atoms with E-state index < -0.39 is 5.60 Å². The topological polar surface area (TPSA) is 46.5 Å². The van der Waals surface area contributed by atoms with Crippen LogP contribution in [0.3, 0.4) is 0 Å². The van der Waals surface area contributed by atoms with E-state index in [1.807, 2.05) is 34.6 Å². The molecule has 1 aliphatic rings. The second-order valence-corrected chi connectivity index (χ2v) is 6.06. The highest BCUT2D eigenvalue weighted by atomic mass is 16.6. The molecule has 0 atom stereocenters. The molecule has 0 aromatic rings. The van der Waals surface area contributed by atoms with Gasteiger partial charge in [-0.3, -0.25) is 0 Å². The van der Waals surface area contributed by atoms with E-state index in [2.05, 4.69) is 25.5 Å². The number of carbonyl (C=O) groups is 1. The van der Waals surface area contributed by atoms with Crippen LogP contribution < -0.4 is 0 Å². The predicted octanol–water partition coefficient (Wildman–Crippen LogP) is 4.53. The first-order valence-electron chi connectivity index (χ1n) is 7.91. The third-order valence-corrected chi connectivity index (χ3v) is 3.52. The smallest absolute Gasteiger partial charge is 0.334 e. The highest BCUT2D eigenvalue weighted by molar-refractivity contribution is 5.89. The standard InChI is InChI=1S/C17H25O2.C2H6O/c1-7-15(12(2)3)16(18)19-17(5,6)14-10-8-13(4)9-11-14;1-2-3/h8-10H,7,11H2,1-6H3;3H,2H2,1H3. The van der Waals surface area contributed by atoms with Crippen LogP contribution in [-0.2, 0) is 9.53 Å². The van der Waals surface area contributed by atoms with Crippen molar-refractivity contribution in [2.75, 3.05) is 6.61 Å². The Morgan fingerprint density at radius 3 is 2.18 bits per heavy atom. The van der Waals surface area contributed by atoms with Crippen molar-refractivity contribution in [3.05, 3.63) is 40.9 Å². The Balaban J connectivity index is 0.00000135. The maximum absolute atomic E-state index is 12.2. The van der Waals surface area contributed by atoms with Crippen LogP contribution in [0.5, 0.6) is 0 Å². The first kappa shape index (κ1) is 20.6. The second kappa shape index (κ2) is 9.62. The summed E-state index contributed by atoms with van der Waals surface area (Å²) in [5, 5.41) is 7.57. The van der Waals surface area contributed by atoms with Crippen LogP contribution in [-0.4, -0.2) is 23.3 Å². The monoisotopic (exact) mass is 307 g/mol. The number of ether oxygens (including phenoxy) is 1. The van der Waals surface area contributed by atoms with E-state index in [0.717, 1.165) is 23.1 Å².